The lowest BCUT2D eigenvalue weighted by Gasteiger charge is -2.40. The van der Waals surface area contributed by atoms with E-state index in [-0.39, 0.29) is 5.41 Å². The molecule has 0 aromatic heterocycles. The first-order chi connectivity index (χ1) is 7.55. The van der Waals surface area contributed by atoms with Crippen LogP contribution in [0, 0.1) is 10.8 Å². The number of rotatable bonds is 4. The smallest absolute Gasteiger partial charge is 0.273 e. The minimum absolute atomic E-state index is 0.116. The summed E-state index contributed by atoms with van der Waals surface area (Å²) in [5.74, 6) is 0. The third-order valence-electron chi connectivity index (χ3n) is 2.89. The first kappa shape index (κ1) is 17.9. The molecule has 0 rings (SSSR count). The molecule has 0 aromatic carbocycles. The zero-order chi connectivity index (χ0) is 15.0. The van der Waals surface area contributed by atoms with Crippen molar-refractivity contribution in [3.05, 3.63) is 0 Å². The van der Waals surface area contributed by atoms with Crippen LogP contribution < -0.4 is 0 Å². The summed E-state index contributed by atoms with van der Waals surface area (Å²) in [6.45, 7) is 13.2. The van der Waals surface area contributed by atoms with Gasteiger partial charge in [-0.05, 0) is 5.41 Å². The Hall–Kier alpha value is -0.130. The van der Waals surface area contributed by atoms with Crippen LogP contribution in [0.1, 0.15) is 41.5 Å². The summed E-state index contributed by atoms with van der Waals surface area (Å²) in [5.41, 5.74) is -0.355. The number of quaternary nitrogens is 1. The normalized spacial score (nSPS) is 16.7. The molecule has 0 aliphatic carbocycles. The fourth-order valence-corrected chi connectivity index (χ4v) is 4.10. The van der Waals surface area contributed by atoms with E-state index in [1.54, 1.807) is 0 Å². The number of nitrogens with zero attached hydrogens (tertiary/aromatic N) is 1. The summed E-state index contributed by atoms with van der Waals surface area (Å²) in [6, 6.07) is 0. The van der Waals surface area contributed by atoms with Crippen LogP contribution in [0.3, 0.4) is 0 Å². The molecule has 110 valence electrons. The van der Waals surface area contributed by atoms with Gasteiger partial charge in [0.1, 0.15) is 5.25 Å². The van der Waals surface area contributed by atoms with Crippen LogP contribution in [0.4, 0.5) is 0 Å². The topological polar surface area (TPSA) is 54.4 Å². The lowest BCUT2D eigenvalue weighted by atomic mass is 9.89. The zero-order valence-electron chi connectivity index (χ0n) is 13.1. The summed E-state index contributed by atoms with van der Waals surface area (Å²) in [5, 5.41) is -0.748. The van der Waals surface area contributed by atoms with Crippen molar-refractivity contribution in [2.24, 2.45) is 10.8 Å². The zero-order valence-corrected chi connectivity index (χ0v) is 13.9. The Bertz CT molecular complexity index is 372. The average Bonchev–Trinajstić information content (AvgIpc) is 1.90. The molecule has 0 amide bonds. The minimum Gasteiger partial charge on any atom is -0.327 e. The molecular formula is C13H30NO3S+. The molecule has 4 nitrogen and oxygen atoms in total. The molecule has 0 radical (unpaired) electrons. The van der Waals surface area contributed by atoms with Gasteiger partial charge in [-0.1, -0.05) is 41.5 Å². The van der Waals surface area contributed by atoms with Gasteiger partial charge in [-0.3, -0.25) is 4.55 Å². The van der Waals surface area contributed by atoms with Gasteiger partial charge in [-0.2, -0.15) is 8.42 Å². The predicted molar refractivity (Wildman–Crippen MR) is 76.1 cm³/mol. The highest BCUT2D eigenvalue weighted by Crippen LogP contribution is 2.28. The summed E-state index contributed by atoms with van der Waals surface area (Å²) in [4.78, 5) is 0. The monoisotopic (exact) mass is 280 g/mol. The van der Waals surface area contributed by atoms with Crippen molar-refractivity contribution in [3.63, 3.8) is 0 Å². The third-order valence-corrected chi connectivity index (χ3v) is 4.46. The highest BCUT2D eigenvalue weighted by Gasteiger charge is 2.41. The average molecular weight is 280 g/mol. The van der Waals surface area contributed by atoms with E-state index in [1.807, 2.05) is 34.9 Å². The van der Waals surface area contributed by atoms with Crippen molar-refractivity contribution >= 4 is 10.1 Å². The van der Waals surface area contributed by atoms with Gasteiger partial charge in [0.2, 0.25) is 0 Å². The third kappa shape index (κ3) is 6.71. The van der Waals surface area contributed by atoms with E-state index in [9.17, 15) is 13.0 Å². The standard InChI is InChI=1S/C13H29NO3S/c1-12(2,3)10-14(7,8)9-11(13(4,5)6)18(15,16)17/h11H,9-10H2,1-8H3/p+1. The predicted octanol–water partition coefficient (Wildman–Crippen LogP) is 2.41. The van der Waals surface area contributed by atoms with Gasteiger partial charge in [-0.25, -0.2) is 0 Å². The fourth-order valence-electron chi connectivity index (χ4n) is 2.61. The van der Waals surface area contributed by atoms with Crippen molar-refractivity contribution in [1.82, 2.24) is 0 Å². The van der Waals surface area contributed by atoms with E-state index in [2.05, 4.69) is 20.8 Å². The molecule has 0 fully saturated rings. The molecule has 1 atom stereocenters. The van der Waals surface area contributed by atoms with Gasteiger partial charge in [0, 0.05) is 5.41 Å². The lowest BCUT2D eigenvalue weighted by Crippen LogP contribution is -2.54. The molecule has 0 saturated heterocycles. The quantitative estimate of drug-likeness (QED) is 0.635. The molecule has 5 heteroatoms. The Morgan fingerprint density at radius 1 is 1.06 bits per heavy atom. The molecule has 18 heavy (non-hydrogen) atoms. The molecule has 0 saturated carbocycles. The SMILES string of the molecule is CC(C)(C)C[N+](C)(C)CC(C(C)(C)C)S(=O)(=O)O. The van der Waals surface area contributed by atoms with Gasteiger partial charge in [0.15, 0.2) is 0 Å². The maximum absolute atomic E-state index is 11.6. The van der Waals surface area contributed by atoms with Gasteiger partial charge < -0.3 is 4.48 Å². The summed E-state index contributed by atoms with van der Waals surface area (Å²) in [6.07, 6.45) is 0. The molecular weight excluding hydrogens is 250 g/mol. The number of hydrogen-bond donors (Lipinski definition) is 1. The van der Waals surface area contributed by atoms with E-state index in [0.717, 1.165) is 6.54 Å². The van der Waals surface area contributed by atoms with Gasteiger partial charge in [0.25, 0.3) is 10.1 Å². The van der Waals surface area contributed by atoms with Crippen molar-refractivity contribution in [3.8, 4) is 0 Å². The van der Waals surface area contributed by atoms with Crippen LogP contribution in [0.2, 0.25) is 0 Å². The van der Waals surface area contributed by atoms with Crippen LogP contribution in [0.5, 0.6) is 0 Å². The van der Waals surface area contributed by atoms with E-state index >= 15 is 0 Å². The van der Waals surface area contributed by atoms with Crippen LogP contribution >= 0.6 is 0 Å². The largest absolute Gasteiger partial charge is 0.327 e. The summed E-state index contributed by atoms with van der Waals surface area (Å²) >= 11 is 0. The second kappa shape index (κ2) is 5.10. The van der Waals surface area contributed by atoms with Crippen molar-refractivity contribution in [1.29, 1.82) is 0 Å². The van der Waals surface area contributed by atoms with Crippen LogP contribution in [0.15, 0.2) is 0 Å². The second-order valence-corrected chi connectivity index (χ2v) is 9.81. The highest BCUT2D eigenvalue weighted by molar-refractivity contribution is 7.86. The second-order valence-electron chi connectivity index (χ2n) is 8.21. The Balaban J connectivity index is 5.14. The maximum Gasteiger partial charge on any atom is 0.273 e. The first-order valence-electron chi connectivity index (χ1n) is 6.33. The molecule has 0 bridgehead atoms. The van der Waals surface area contributed by atoms with Gasteiger partial charge in [-0.15, -0.1) is 0 Å². The van der Waals surface area contributed by atoms with Gasteiger partial charge >= 0.3 is 0 Å². The van der Waals surface area contributed by atoms with E-state index in [1.165, 1.54) is 0 Å². The van der Waals surface area contributed by atoms with E-state index in [4.69, 9.17) is 0 Å². The minimum atomic E-state index is -4.03. The Kier molecular flexibility index (Phi) is 5.06. The van der Waals surface area contributed by atoms with Crippen LogP contribution in [0.25, 0.3) is 0 Å². The number of hydrogen-bond acceptors (Lipinski definition) is 2. The summed E-state index contributed by atoms with van der Waals surface area (Å²) in [7, 11) is -0.00883. The first-order valence-corrected chi connectivity index (χ1v) is 7.83. The fraction of sp³-hybridized carbons (Fsp3) is 1.00. The van der Waals surface area contributed by atoms with Crippen molar-refractivity contribution in [2.75, 3.05) is 27.2 Å². The molecule has 1 N–H and O–H groups in total. The molecule has 1 unspecified atom stereocenters. The lowest BCUT2D eigenvalue weighted by molar-refractivity contribution is -0.896. The molecule has 0 aliphatic rings. The van der Waals surface area contributed by atoms with E-state index in [0.29, 0.717) is 11.0 Å². The van der Waals surface area contributed by atoms with Crippen LogP contribution in [-0.2, 0) is 10.1 Å². The summed E-state index contributed by atoms with van der Waals surface area (Å²) < 4.78 is 33.1. The molecule has 0 spiro atoms. The Morgan fingerprint density at radius 3 is 1.67 bits per heavy atom. The van der Waals surface area contributed by atoms with Gasteiger partial charge in [0.05, 0.1) is 27.2 Å². The Morgan fingerprint density at radius 2 is 1.44 bits per heavy atom. The van der Waals surface area contributed by atoms with Crippen molar-refractivity contribution in [2.45, 2.75) is 46.8 Å². The molecule has 0 aromatic rings. The molecule has 0 heterocycles. The maximum atomic E-state index is 11.6. The van der Waals surface area contributed by atoms with Crippen molar-refractivity contribution < 1.29 is 17.5 Å². The molecule has 0 aliphatic heterocycles. The highest BCUT2D eigenvalue weighted by atomic mass is 32.2. The van der Waals surface area contributed by atoms with Crippen LogP contribution in [-0.4, -0.2) is 49.9 Å². The van der Waals surface area contributed by atoms with E-state index < -0.39 is 20.8 Å². The Labute approximate surface area is 113 Å².